The summed E-state index contributed by atoms with van der Waals surface area (Å²) in [6, 6.07) is 9.45. The predicted octanol–water partition coefficient (Wildman–Crippen LogP) is 3.64. The van der Waals surface area contributed by atoms with Gasteiger partial charge in [-0.15, -0.1) is 0 Å². The smallest absolute Gasteiger partial charge is 0.341 e. The molecular formula is C24H21N3O7. The van der Waals surface area contributed by atoms with Crippen LogP contribution in [0.5, 0.6) is 11.5 Å². The van der Waals surface area contributed by atoms with Gasteiger partial charge in [0, 0.05) is 28.6 Å². The zero-order chi connectivity index (χ0) is 24.1. The second-order valence-corrected chi connectivity index (χ2v) is 8.11. The number of pyridine rings is 1. The van der Waals surface area contributed by atoms with Crippen LogP contribution in [0, 0.1) is 0 Å². The predicted molar refractivity (Wildman–Crippen MR) is 126 cm³/mol. The number of rotatable bonds is 6. The molecule has 5 rings (SSSR count). The van der Waals surface area contributed by atoms with E-state index in [2.05, 4.69) is 10.1 Å². The summed E-state index contributed by atoms with van der Waals surface area (Å²) in [7, 11) is 1.44. The summed E-state index contributed by atoms with van der Waals surface area (Å²) in [5.74, 6) is -0.711. The highest BCUT2D eigenvalue weighted by molar-refractivity contribution is 6.15. The van der Waals surface area contributed by atoms with Gasteiger partial charge in [0.15, 0.2) is 29.1 Å². The quantitative estimate of drug-likeness (QED) is 0.349. The summed E-state index contributed by atoms with van der Waals surface area (Å²) in [5.41, 5.74) is 2.01. The minimum atomic E-state index is -1.16. The molecule has 0 amide bonds. The average molecular weight is 463 g/mol. The van der Waals surface area contributed by atoms with Gasteiger partial charge in [-0.3, -0.25) is 19.4 Å². The molecule has 0 aliphatic heterocycles. The number of furan rings is 1. The first-order chi connectivity index (χ1) is 16.3. The van der Waals surface area contributed by atoms with E-state index in [9.17, 15) is 19.5 Å². The molecule has 0 unspecified atom stereocenters. The van der Waals surface area contributed by atoms with Gasteiger partial charge >= 0.3 is 5.97 Å². The van der Waals surface area contributed by atoms with Crippen molar-refractivity contribution in [3.63, 3.8) is 0 Å². The number of methoxy groups -OCH3 is 1. The van der Waals surface area contributed by atoms with E-state index < -0.39 is 12.6 Å². The van der Waals surface area contributed by atoms with Gasteiger partial charge in [-0.1, -0.05) is 12.1 Å². The molecule has 0 saturated heterocycles. The van der Waals surface area contributed by atoms with Gasteiger partial charge < -0.3 is 24.0 Å². The van der Waals surface area contributed by atoms with E-state index in [0.29, 0.717) is 50.0 Å². The summed E-state index contributed by atoms with van der Waals surface area (Å²) in [6.07, 6.45) is 0. The Morgan fingerprint density at radius 3 is 2.71 bits per heavy atom. The molecule has 0 atom stereocenters. The first-order valence-corrected chi connectivity index (χ1v) is 10.5. The minimum absolute atomic E-state index is 0.0776. The Morgan fingerprint density at radius 2 is 2.00 bits per heavy atom. The molecule has 5 aromatic rings. The highest BCUT2D eigenvalue weighted by Gasteiger charge is 2.26. The van der Waals surface area contributed by atoms with Gasteiger partial charge in [-0.25, -0.2) is 4.79 Å². The highest BCUT2D eigenvalue weighted by Crippen LogP contribution is 2.45. The maximum absolute atomic E-state index is 13.2. The monoisotopic (exact) mass is 463 g/mol. The van der Waals surface area contributed by atoms with Crippen LogP contribution in [-0.2, 0) is 4.79 Å². The van der Waals surface area contributed by atoms with Crippen LogP contribution in [0.4, 0.5) is 0 Å². The van der Waals surface area contributed by atoms with Gasteiger partial charge in [0.05, 0.1) is 18.0 Å². The number of H-pyrrole nitrogens is 2. The van der Waals surface area contributed by atoms with Crippen molar-refractivity contribution in [2.24, 2.45) is 0 Å². The molecule has 0 aliphatic rings. The number of aliphatic carboxylic acids is 1. The molecule has 174 valence electrons. The van der Waals surface area contributed by atoms with Crippen LogP contribution in [0.1, 0.15) is 19.9 Å². The number of para-hydroxylation sites is 1. The number of aromatic nitrogens is 3. The van der Waals surface area contributed by atoms with Crippen LogP contribution < -0.4 is 20.5 Å². The molecule has 3 aromatic heterocycles. The number of carbonyl (C=O) groups is 1. The van der Waals surface area contributed by atoms with Gasteiger partial charge in [-0.05, 0) is 32.0 Å². The lowest BCUT2D eigenvalue weighted by Crippen LogP contribution is -2.11. The molecule has 10 nitrogen and oxygen atoms in total. The largest absolute Gasteiger partial charge is 0.493 e. The number of carboxylic acid groups (broad SMARTS) is 1. The van der Waals surface area contributed by atoms with Crippen molar-refractivity contribution in [3.05, 3.63) is 57.0 Å². The molecule has 0 spiro atoms. The van der Waals surface area contributed by atoms with Crippen molar-refractivity contribution in [2.45, 2.75) is 19.9 Å². The molecule has 2 aromatic carbocycles. The van der Waals surface area contributed by atoms with Crippen LogP contribution in [-0.4, -0.2) is 39.6 Å². The van der Waals surface area contributed by atoms with E-state index in [-0.39, 0.29) is 22.8 Å². The number of fused-ring (bicyclic) bond motifs is 4. The third-order valence-corrected chi connectivity index (χ3v) is 5.63. The zero-order valence-corrected chi connectivity index (χ0v) is 18.6. The molecule has 3 N–H and O–H groups in total. The molecule has 3 heterocycles. The Balaban J connectivity index is 1.99. The van der Waals surface area contributed by atoms with Crippen LogP contribution in [0.15, 0.2) is 50.4 Å². The maximum atomic E-state index is 13.2. The Bertz CT molecular complexity index is 1700. The third kappa shape index (κ3) is 3.22. The normalized spacial score (nSPS) is 11.6. The Hall–Kier alpha value is -4.47. The molecule has 0 aliphatic carbocycles. The molecule has 0 radical (unpaired) electrons. The lowest BCUT2D eigenvalue weighted by atomic mass is 10.00. The summed E-state index contributed by atoms with van der Waals surface area (Å²) in [4.78, 5) is 39.7. The number of nitrogens with zero attached hydrogens (tertiary/aromatic N) is 1. The SMILES string of the molecule is COc1cccc(-c2c3oc4cc(=O)ccc4c3[nH]c3c2c(=O)[nH]n3C(C)C)c1OCC(=O)O. The number of hydrogen-bond donors (Lipinski definition) is 3. The molecule has 0 saturated carbocycles. The first kappa shape index (κ1) is 21.4. The van der Waals surface area contributed by atoms with Gasteiger partial charge in [-0.2, -0.15) is 0 Å². The molecule has 10 heteroatoms. The van der Waals surface area contributed by atoms with Gasteiger partial charge in [0.2, 0.25) is 0 Å². The van der Waals surface area contributed by atoms with Crippen molar-refractivity contribution in [3.8, 4) is 22.6 Å². The van der Waals surface area contributed by atoms with E-state index in [1.54, 1.807) is 28.9 Å². The molecular weight excluding hydrogens is 442 g/mol. The summed E-state index contributed by atoms with van der Waals surface area (Å²) >= 11 is 0. The van der Waals surface area contributed by atoms with Crippen LogP contribution in [0.3, 0.4) is 0 Å². The van der Waals surface area contributed by atoms with E-state index in [1.165, 1.54) is 19.2 Å². The number of ether oxygens (including phenoxy) is 2. The van der Waals surface area contributed by atoms with Crippen molar-refractivity contribution < 1.29 is 23.8 Å². The van der Waals surface area contributed by atoms with Crippen LogP contribution in [0.2, 0.25) is 0 Å². The Labute approximate surface area is 191 Å². The van der Waals surface area contributed by atoms with Gasteiger partial charge in [0.1, 0.15) is 11.2 Å². The van der Waals surface area contributed by atoms with Gasteiger partial charge in [0.25, 0.3) is 5.56 Å². The van der Waals surface area contributed by atoms with E-state index >= 15 is 0 Å². The Kier molecular flexibility index (Phi) is 4.93. The number of benzene rings is 2. The average Bonchev–Trinajstić information content (AvgIpc) is 3.33. The highest BCUT2D eigenvalue weighted by atomic mass is 16.5. The van der Waals surface area contributed by atoms with Crippen LogP contribution in [0.25, 0.3) is 44.2 Å². The number of nitrogens with one attached hydrogen (secondary N) is 2. The molecule has 0 fully saturated rings. The molecule has 0 bridgehead atoms. The number of hydrogen-bond acceptors (Lipinski definition) is 6. The number of carboxylic acids is 1. The summed E-state index contributed by atoms with van der Waals surface area (Å²) in [6.45, 7) is 3.25. The molecule has 34 heavy (non-hydrogen) atoms. The lowest BCUT2D eigenvalue weighted by Gasteiger charge is -2.15. The fraction of sp³-hybridized carbons (Fsp3) is 0.208. The lowest BCUT2D eigenvalue weighted by molar-refractivity contribution is -0.139. The maximum Gasteiger partial charge on any atom is 0.341 e. The summed E-state index contributed by atoms with van der Waals surface area (Å²) in [5, 5.41) is 13.0. The standard InChI is InChI=1S/C24H21N3O7/c1-11(2)27-23-19(24(31)26-27)18(14-5-4-6-15(32-3)21(14)33-10-17(29)30)22-20(25-23)13-8-7-12(28)9-16(13)34-22/h4-9,11,25H,10H2,1-3H3,(H,26,31)(H,29,30). The van der Waals surface area contributed by atoms with E-state index in [1.807, 2.05) is 13.8 Å². The van der Waals surface area contributed by atoms with Crippen molar-refractivity contribution >= 4 is 39.1 Å². The van der Waals surface area contributed by atoms with E-state index in [0.717, 1.165) is 0 Å². The minimum Gasteiger partial charge on any atom is -0.493 e. The second-order valence-electron chi connectivity index (χ2n) is 8.11. The van der Waals surface area contributed by atoms with Crippen LogP contribution >= 0.6 is 0 Å². The fourth-order valence-electron chi connectivity index (χ4n) is 4.21. The number of aromatic amines is 2. The topological polar surface area (TPSA) is 140 Å². The Morgan fingerprint density at radius 1 is 1.21 bits per heavy atom. The summed E-state index contributed by atoms with van der Waals surface area (Å²) < 4.78 is 18.8. The van der Waals surface area contributed by atoms with E-state index in [4.69, 9.17) is 13.9 Å². The second kappa shape index (κ2) is 7.84. The van der Waals surface area contributed by atoms with Crippen molar-refractivity contribution in [1.82, 2.24) is 14.8 Å². The van der Waals surface area contributed by atoms with Crippen molar-refractivity contribution in [1.29, 1.82) is 0 Å². The zero-order valence-electron chi connectivity index (χ0n) is 18.6. The van der Waals surface area contributed by atoms with Crippen molar-refractivity contribution in [2.75, 3.05) is 13.7 Å². The first-order valence-electron chi connectivity index (χ1n) is 10.5. The third-order valence-electron chi connectivity index (χ3n) is 5.63. The fourth-order valence-corrected chi connectivity index (χ4v) is 4.21.